The van der Waals surface area contributed by atoms with Gasteiger partial charge in [0.25, 0.3) is 0 Å². The van der Waals surface area contributed by atoms with Crippen molar-refractivity contribution in [3.05, 3.63) is 0 Å². The number of nitrogens with zero attached hydrogens (tertiary/aromatic N) is 1. The van der Waals surface area contributed by atoms with Gasteiger partial charge in [0.15, 0.2) is 9.84 Å². The summed E-state index contributed by atoms with van der Waals surface area (Å²) in [5, 5.41) is -0.603. The highest BCUT2D eigenvalue weighted by Crippen LogP contribution is 2.21. The summed E-state index contributed by atoms with van der Waals surface area (Å²) in [5.41, 5.74) is 0. The topological polar surface area (TPSA) is 54.5 Å². The number of rotatable bonds is 3. The van der Waals surface area contributed by atoms with Crippen LogP contribution < -0.4 is 0 Å². The van der Waals surface area contributed by atoms with Gasteiger partial charge in [-0.05, 0) is 0 Å². The first-order valence-corrected chi connectivity index (χ1v) is 7.98. The smallest absolute Gasteiger partial charge is 0.223 e. The molecule has 1 atom stereocenters. The SMILES string of the molecule is CCC(=O)N1CCSCC1S(=O)(=O)CC. The maximum Gasteiger partial charge on any atom is 0.223 e. The van der Waals surface area contributed by atoms with E-state index in [1.54, 1.807) is 25.6 Å². The zero-order valence-electron chi connectivity index (χ0n) is 9.10. The number of hydrogen-bond acceptors (Lipinski definition) is 4. The summed E-state index contributed by atoms with van der Waals surface area (Å²) in [6, 6.07) is 0. The molecule has 0 radical (unpaired) electrons. The number of thioether (sulfide) groups is 1. The standard InChI is InChI=1S/C9H17NO3S2/c1-3-8(11)10-5-6-14-7-9(10)15(12,13)4-2/h9H,3-7H2,1-2H3. The molecule has 0 aliphatic carbocycles. The summed E-state index contributed by atoms with van der Waals surface area (Å²) < 4.78 is 23.6. The van der Waals surface area contributed by atoms with Gasteiger partial charge in [-0.15, -0.1) is 0 Å². The number of carbonyl (C=O) groups is 1. The van der Waals surface area contributed by atoms with Crippen molar-refractivity contribution in [1.29, 1.82) is 0 Å². The third kappa shape index (κ3) is 2.87. The Labute approximate surface area is 95.3 Å². The molecule has 0 N–H and O–H groups in total. The molecular formula is C9H17NO3S2. The van der Waals surface area contributed by atoms with Crippen molar-refractivity contribution in [2.45, 2.75) is 25.6 Å². The van der Waals surface area contributed by atoms with Gasteiger partial charge in [-0.25, -0.2) is 8.42 Å². The molecule has 1 fully saturated rings. The van der Waals surface area contributed by atoms with Crippen molar-refractivity contribution < 1.29 is 13.2 Å². The number of hydrogen-bond donors (Lipinski definition) is 0. The zero-order valence-corrected chi connectivity index (χ0v) is 10.7. The van der Waals surface area contributed by atoms with Gasteiger partial charge >= 0.3 is 0 Å². The summed E-state index contributed by atoms with van der Waals surface area (Å²) in [6.07, 6.45) is 0.375. The Kier molecular flexibility index (Phi) is 4.45. The van der Waals surface area contributed by atoms with Crippen LogP contribution in [0.3, 0.4) is 0 Å². The van der Waals surface area contributed by atoms with Crippen molar-refractivity contribution >= 4 is 27.5 Å². The van der Waals surface area contributed by atoms with E-state index in [2.05, 4.69) is 0 Å². The average molecular weight is 251 g/mol. The normalized spacial score (nSPS) is 22.8. The van der Waals surface area contributed by atoms with Gasteiger partial charge in [0.2, 0.25) is 5.91 Å². The van der Waals surface area contributed by atoms with Crippen LogP contribution >= 0.6 is 11.8 Å². The maximum atomic E-state index is 11.8. The van der Waals surface area contributed by atoms with Crippen LogP contribution in [0.2, 0.25) is 0 Å². The lowest BCUT2D eigenvalue weighted by Crippen LogP contribution is -2.50. The summed E-state index contributed by atoms with van der Waals surface area (Å²) in [6.45, 7) is 3.95. The summed E-state index contributed by atoms with van der Waals surface area (Å²) in [4.78, 5) is 13.1. The molecule has 6 heteroatoms. The minimum atomic E-state index is -3.14. The van der Waals surface area contributed by atoms with E-state index in [0.717, 1.165) is 5.75 Å². The number of carbonyl (C=O) groups excluding carboxylic acids is 1. The molecule has 1 saturated heterocycles. The van der Waals surface area contributed by atoms with E-state index in [0.29, 0.717) is 18.7 Å². The first-order valence-electron chi connectivity index (χ1n) is 5.11. The number of amides is 1. The van der Waals surface area contributed by atoms with Crippen LogP contribution in [0, 0.1) is 0 Å². The van der Waals surface area contributed by atoms with Crippen LogP contribution in [0.5, 0.6) is 0 Å². The van der Waals surface area contributed by atoms with Crippen LogP contribution in [-0.2, 0) is 14.6 Å². The lowest BCUT2D eigenvalue weighted by atomic mass is 10.4. The van der Waals surface area contributed by atoms with E-state index in [1.807, 2.05) is 0 Å². The largest absolute Gasteiger partial charge is 0.324 e. The highest BCUT2D eigenvalue weighted by molar-refractivity contribution is 8.01. The van der Waals surface area contributed by atoms with Crippen molar-refractivity contribution in [1.82, 2.24) is 4.90 Å². The molecule has 0 aromatic carbocycles. The van der Waals surface area contributed by atoms with E-state index in [1.165, 1.54) is 4.90 Å². The Balaban J connectivity index is 2.88. The van der Waals surface area contributed by atoms with Crippen molar-refractivity contribution in [3.8, 4) is 0 Å². The fraction of sp³-hybridized carbons (Fsp3) is 0.889. The fourth-order valence-electron chi connectivity index (χ4n) is 1.56. The molecule has 0 aromatic rings. The van der Waals surface area contributed by atoms with E-state index < -0.39 is 15.2 Å². The highest BCUT2D eigenvalue weighted by atomic mass is 32.2. The summed E-state index contributed by atoms with van der Waals surface area (Å²) in [5.74, 6) is 1.40. The molecular weight excluding hydrogens is 234 g/mol. The molecule has 1 aliphatic heterocycles. The van der Waals surface area contributed by atoms with Gasteiger partial charge in [0, 0.05) is 30.2 Å². The second-order valence-electron chi connectivity index (χ2n) is 3.42. The van der Waals surface area contributed by atoms with E-state index in [9.17, 15) is 13.2 Å². The third-order valence-electron chi connectivity index (χ3n) is 2.52. The molecule has 88 valence electrons. The fourth-order valence-corrected chi connectivity index (χ4v) is 4.55. The summed E-state index contributed by atoms with van der Waals surface area (Å²) in [7, 11) is -3.14. The Hall–Kier alpha value is -0.230. The molecule has 1 amide bonds. The molecule has 1 aliphatic rings. The minimum absolute atomic E-state index is 0.0580. The van der Waals surface area contributed by atoms with Crippen molar-refractivity contribution in [2.24, 2.45) is 0 Å². The molecule has 1 rings (SSSR count). The van der Waals surface area contributed by atoms with Crippen LogP contribution in [0.4, 0.5) is 0 Å². The maximum absolute atomic E-state index is 11.8. The molecule has 0 bridgehead atoms. The van der Waals surface area contributed by atoms with Gasteiger partial charge in [0.05, 0.1) is 0 Å². The monoisotopic (exact) mass is 251 g/mol. The quantitative estimate of drug-likeness (QED) is 0.742. The lowest BCUT2D eigenvalue weighted by molar-refractivity contribution is -0.131. The Bertz CT molecular complexity index is 326. The molecule has 0 saturated carbocycles. The lowest BCUT2D eigenvalue weighted by Gasteiger charge is -2.34. The molecule has 0 spiro atoms. The predicted octanol–water partition coefficient (Wildman–Crippen LogP) is 0.733. The second-order valence-corrected chi connectivity index (χ2v) is 7.02. The molecule has 15 heavy (non-hydrogen) atoms. The predicted molar refractivity (Wildman–Crippen MR) is 62.6 cm³/mol. The highest BCUT2D eigenvalue weighted by Gasteiger charge is 2.34. The first-order chi connectivity index (χ1) is 7.03. The van der Waals surface area contributed by atoms with E-state index in [-0.39, 0.29) is 11.7 Å². The molecule has 1 heterocycles. The third-order valence-corrected chi connectivity index (χ3v) is 5.81. The second kappa shape index (κ2) is 5.21. The minimum Gasteiger partial charge on any atom is -0.324 e. The Morgan fingerprint density at radius 1 is 1.47 bits per heavy atom. The van der Waals surface area contributed by atoms with Gasteiger partial charge in [0.1, 0.15) is 5.37 Å². The van der Waals surface area contributed by atoms with Crippen molar-refractivity contribution in [2.75, 3.05) is 23.8 Å². The zero-order chi connectivity index (χ0) is 11.5. The van der Waals surface area contributed by atoms with E-state index in [4.69, 9.17) is 0 Å². The first kappa shape index (κ1) is 12.8. The van der Waals surface area contributed by atoms with Gasteiger partial charge in [-0.2, -0.15) is 11.8 Å². The Morgan fingerprint density at radius 2 is 2.13 bits per heavy atom. The average Bonchev–Trinajstić information content (AvgIpc) is 2.28. The van der Waals surface area contributed by atoms with Crippen LogP contribution in [-0.4, -0.2) is 48.4 Å². The van der Waals surface area contributed by atoms with Gasteiger partial charge in [-0.1, -0.05) is 13.8 Å². The van der Waals surface area contributed by atoms with Crippen LogP contribution in [0.25, 0.3) is 0 Å². The van der Waals surface area contributed by atoms with Gasteiger partial charge in [-0.3, -0.25) is 4.79 Å². The van der Waals surface area contributed by atoms with Crippen LogP contribution in [0.1, 0.15) is 20.3 Å². The summed E-state index contributed by atoms with van der Waals surface area (Å²) >= 11 is 1.60. The Morgan fingerprint density at radius 3 is 2.67 bits per heavy atom. The molecule has 0 aromatic heterocycles. The van der Waals surface area contributed by atoms with Crippen LogP contribution in [0.15, 0.2) is 0 Å². The van der Waals surface area contributed by atoms with E-state index >= 15 is 0 Å². The molecule has 4 nitrogen and oxygen atoms in total. The molecule has 1 unspecified atom stereocenters. The van der Waals surface area contributed by atoms with Crippen molar-refractivity contribution in [3.63, 3.8) is 0 Å². The number of sulfone groups is 1. The van der Waals surface area contributed by atoms with Gasteiger partial charge < -0.3 is 4.90 Å².